The lowest BCUT2D eigenvalue weighted by atomic mass is 9.70. The highest BCUT2D eigenvalue weighted by Gasteiger charge is 2.67. The molecule has 72 valence electrons. The monoisotopic (exact) mass is 292 g/mol. The van der Waals surface area contributed by atoms with Gasteiger partial charge in [-0.2, -0.15) is 0 Å². The van der Waals surface area contributed by atoms with Crippen LogP contribution in [0.4, 0.5) is 0 Å². The van der Waals surface area contributed by atoms with E-state index in [2.05, 4.69) is 29.5 Å². The fourth-order valence-corrected chi connectivity index (χ4v) is 4.26. The summed E-state index contributed by atoms with van der Waals surface area (Å²) < 4.78 is 0.906. The molecule has 2 aliphatic rings. The Kier molecular flexibility index (Phi) is 1.89. The lowest BCUT2D eigenvalue weighted by molar-refractivity contribution is -0.141. The molecule has 0 aromatic carbocycles. The highest BCUT2D eigenvalue weighted by Crippen LogP contribution is 2.62. The summed E-state index contributed by atoms with van der Waals surface area (Å²) >= 11 is 2.30. The Balaban J connectivity index is 2.55. The summed E-state index contributed by atoms with van der Waals surface area (Å²) in [5.41, 5.74) is -0.419. The Morgan fingerprint density at radius 3 is 2.38 bits per heavy atom. The van der Waals surface area contributed by atoms with Gasteiger partial charge >= 0.3 is 0 Å². The zero-order valence-corrected chi connectivity index (χ0v) is 10.1. The minimum atomic E-state index is -0.351. The van der Waals surface area contributed by atoms with Crippen LogP contribution < -0.4 is 0 Å². The number of carbonyl (C=O) groups is 2. The first-order chi connectivity index (χ1) is 5.97. The summed E-state index contributed by atoms with van der Waals surface area (Å²) in [6.07, 6.45) is 1.82. The number of fused-ring (bicyclic) bond motifs is 2. The highest BCUT2D eigenvalue weighted by atomic mass is 127. The van der Waals surface area contributed by atoms with E-state index in [1.807, 2.05) is 6.92 Å². The first-order valence-electron chi connectivity index (χ1n) is 4.62. The van der Waals surface area contributed by atoms with Crippen LogP contribution in [0.1, 0.15) is 26.7 Å². The standard InChI is InChI=1S/C10H13IO2/c1-9-4-3-6(7(12)8(9)13)10(9,2)5-11/h6H,3-5H2,1-2H3/t6-,9-,10-/m1/s1. The third-order valence-corrected chi connectivity index (χ3v) is 5.87. The van der Waals surface area contributed by atoms with Crippen LogP contribution in [0.25, 0.3) is 0 Å². The van der Waals surface area contributed by atoms with Crippen LogP contribution >= 0.6 is 22.6 Å². The van der Waals surface area contributed by atoms with E-state index in [0.717, 1.165) is 17.3 Å². The van der Waals surface area contributed by atoms with Crippen molar-refractivity contribution in [3.63, 3.8) is 0 Å². The fraction of sp³-hybridized carbons (Fsp3) is 0.800. The van der Waals surface area contributed by atoms with Gasteiger partial charge in [-0.25, -0.2) is 0 Å². The van der Waals surface area contributed by atoms with Gasteiger partial charge in [-0.15, -0.1) is 0 Å². The third kappa shape index (κ3) is 0.845. The van der Waals surface area contributed by atoms with Crippen LogP contribution in [-0.2, 0) is 9.59 Å². The minimum Gasteiger partial charge on any atom is -0.291 e. The molecule has 0 amide bonds. The van der Waals surface area contributed by atoms with Gasteiger partial charge in [0.1, 0.15) is 0 Å². The molecule has 0 spiro atoms. The first kappa shape index (κ1) is 9.62. The summed E-state index contributed by atoms with van der Waals surface area (Å²) in [5.74, 6) is -0.197. The van der Waals surface area contributed by atoms with Crippen molar-refractivity contribution < 1.29 is 9.59 Å². The molecular formula is C10H13IO2. The number of carbonyl (C=O) groups excluding carboxylic acids is 2. The molecule has 0 aliphatic heterocycles. The van der Waals surface area contributed by atoms with Crippen molar-refractivity contribution in [3.8, 4) is 0 Å². The maximum absolute atomic E-state index is 11.7. The number of alkyl halides is 1. The number of hydrogen-bond donors (Lipinski definition) is 0. The lowest BCUT2D eigenvalue weighted by Crippen LogP contribution is -2.36. The number of hydrogen-bond acceptors (Lipinski definition) is 2. The largest absolute Gasteiger partial charge is 0.291 e. The maximum Gasteiger partial charge on any atom is 0.205 e. The van der Waals surface area contributed by atoms with Gasteiger partial charge in [-0.05, 0) is 18.3 Å². The number of ketones is 2. The van der Waals surface area contributed by atoms with E-state index in [4.69, 9.17) is 0 Å². The van der Waals surface area contributed by atoms with E-state index in [-0.39, 0.29) is 28.3 Å². The molecule has 3 atom stereocenters. The van der Waals surface area contributed by atoms with Crippen LogP contribution in [0.2, 0.25) is 0 Å². The van der Waals surface area contributed by atoms with Crippen LogP contribution in [0.15, 0.2) is 0 Å². The normalized spacial score (nSPS) is 49.0. The molecule has 3 heteroatoms. The molecule has 0 aromatic heterocycles. The van der Waals surface area contributed by atoms with Crippen molar-refractivity contribution in [2.45, 2.75) is 26.7 Å². The SMILES string of the molecule is C[C@@]12CC[C@H](C(=O)C1=O)[C@@]2(C)CI. The van der Waals surface area contributed by atoms with Gasteiger partial charge in [0.25, 0.3) is 0 Å². The van der Waals surface area contributed by atoms with Crippen molar-refractivity contribution in [3.05, 3.63) is 0 Å². The lowest BCUT2D eigenvalue weighted by Gasteiger charge is -2.33. The Morgan fingerprint density at radius 2 is 2.08 bits per heavy atom. The molecule has 2 fully saturated rings. The van der Waals surface area contributed by atoms with Gasteiger partial charge in [-0.1, -0.05) is 36.4 Å². The third-order valence-electron chi connectivity index (χ3n) is 4.28. The van der Waals surface area contributed by atoms with Gasteiger partial charge in [-0.3, -0.25) is 9.59 Å². The molecular weight excluding hydrogens is 279 g/mol. The van der Waals surface area contributed by atoms with E-state index >= 15 is 0 Å². The second-order valence-corrected chi connectivity index (χ2v) is 5.43. The van der Waals surface area contributed by atoms with E-state index in [1.165, 1.54) is 0 Å². The molecule has 13 heavy (non-hydrogen) atoms. The summed E-state index contributed by atoms with van der Waals surface area (Å²) in [5, 5.41) is 0. The summed E-state index contributed by atoms with van der Waals surface area (Å²) in [4.78, 5) is 23.3. The van der Waals surface area contributed by atoms with Gasteiger partial charge in [0, 0.05) is 15.8 Å². The quantitative estimate of drug-likeness (QED) is 0.421. The van der Waals surface area contributed by atoms with E-state index < -0.39 is 0 Å². The van der Waals surface area contributed by atoms with Crippen LogP contribution in [0.3, 0.4) is 0 Å². The Morgan fingerprint density at radius 1 is 1.46 bits per heavy atom. The van der Waals surface area contributed by atoms with Gasteiger partial charge in [0.05, 0.1) is 0 Å². The predicted octanol–water partition coefficient (Wildman–Crippen LogP) is 2.00. The zero-order chi connectivity index (χ0) is 9.85. The van der Waals surface area contributed by atoms with Crippen LogP contribution in [0, 0.1) is 16.7 Å². The Labute approximate surface area is 91.6 Å². The fourth-order valence-electron chi connectivity index (χ4n) is 2.89. The van der Waals surface area contributed by atoms with Crippen molar-refractivity contribution in [2.75, 3.05) is 4.43 Å². The summed E-state index contributed by atoms with van der Waals surface area (Å²) in [7, 11) is 0. The smallest absolute Gasteiger partial charge is 0.205 e. The molecule has 0 radical (unpaired) electrons. The molecule has 2 rings (SSSR count). The number of halogens is 1. The molecule has 0 N–H and O–H groups in total. The predicted molar refractivity (Wildman–Crippen MR) is 57.8 cm³/mol. The molecule has 0 unspecified atom stereocenters. The van der Waals surface area contributed by atoms with Crippen molar-refractivity contribution in [1.82, 2.24) is 0 Å². The van der Waals surface area contributed by atoms with Gasteiger partial charge < -0.3 is 0 Å². The molecule has 2 saturated carbocycles. The zero-order valence-electron chi connectivity index (χ0n) is 7.89. The maximum atomic E-state index is 11.7. The summed E-state index contributed by atoms with van der Waals surface area (Å²) in [6, 6.07) is 0. The molecule has 0 saturated heterocycles. The van der Waals surface area contributed by atoms with E-state index in [0.29, 0.717) is 0 Å². The minimum absolute atomic E-state index is 0.0156. The molecule has 2 aliphatic carbocycles. The average Bonchev–Trinajstić information content (AvgIpc) is 2.44. The topological polar surface area (TPSA) is 34.1 Å². The summed E-state index contributed by atoms with van der Waals surface area (Å²) in [6.45, 7) is 4.07. The van der Waals surface area contributed by atoms with Gasteiger partial charge in [0.2, 0.25) is 11.6 Å². The van der Waals surface area contributed by atoms with Crippen molar-refractivity contribution in [1.29, 1.82) is 0 Å². The first-order valence-corrected chi connectivity index (χ1v) is 6.14. The average molecular weight is 292 g/mol. The molecule has 0 heterocycles. The van der Waals surface area contributed by atoms with Crippen molar-refractivity contribution >= 4 is 34.2 Å². The molecule has 2 nitrogen and oxygen atoms in total. The van der Waals surface area contributed by atoms with Gasteiger partial charge in [0.15, 0.2) is 0 Å². The second-order valence-electron chi connectivity index (χ2n) is 4.67. The van der Waals surface area contributed by atoms with Crippen LogP contribution in [0.5, 0.6) is 0 Å². The van der Waals surface area contributed by atoms with Crippen molar-refractivity contribution in [2.24, 2.45) is 16.7 Å². The van der Waals surface area contributed by atoms with Crippen LogP contribution in [-0.4, -0.2) is 16.0 Å². The Bertz CT molecular complexity index is 299. The second kappa shape index (κ2) is 2.55. The number of Topliss-reactive ketones (excluding diaryl/α,β-unsaturated/α-hetero) is 2. The van der Waals surface area contributed by atoms with E-state index in [9.17, 15) is 9.59 Å². The Hall–Kier alpha value is 0.0700. The molecule has 2 bridgehead atoms. The number of rotatable bonds is 1. The van der Waals surface area contributed by atoms with E-state index in [1.54, 1.807) is 0 Å². The molecule has 0 aromatic rings. The highest BCUT2D eigenvalue weighted by molar-refractivity contribution is 14.1.